The Morgan fingerprint density at radius 1 is 1.53 bits per heavy atom. The molecule has 1 aliphatic carbocycles. The van der Waals surface area contributed by atoms with Crippen LogP contribution in [-0.4, -0.2) is 46.0 Å². The van der Waals surface area contributed by atoms with Crippen molar-refractivity contribution in [1.82, 2.24) is 14.9 Å². The number of hydrogen-bond acceptors (Lipinski definition) is 6. The summed E-state index contributed by atoms with van der Waals surface area (Å²) in [5.74, 6) is -0.147. The van der Waals surface area contributed by atoms with E-state index in [1.54, 1.807) is 6.92 Å². The number of aryl methyl sites for hydroxylation is 1. The Morgan fingerprint density at radius 2 is 2.26 bits per heavy atom. The average Bonchev–Trinajstić information content (AvgIpc) is 3.03. The lowest BCUT2D eigenvalue weighted by molar-refractivity contribution is -0.0511. The highest BCUT2D eigenvalue weighted by Gasteiger charge is 2.35. The summed E-state index contributed by atoms with van der Waals surface area (Å²) in [6.07, 6.45) is 4.05. The number of ether oxygens (including phenoxy) is 1. The Hall–Kier alpha value is -1.05. The van der Waals surface area contributed by atoms with Gasteiger partial charge in [-0.2, -0.15) is 0 Å². The van der Waals surface area contributed by atoms with Gasteiger partial charge >= 0.3 is 0 Å². The molecule has 0 aromatic carbocycles. The van der Waals surface area contributed by atoms with E-state index in [9.17, 15) is 4.79 Å². The lowest BCUT2D eigenvalue weighted by Gasteiger charge is -2.29. The number of rotatable bonds is 6. The van der Waals surface area contributed by atoms with E-state index in [1.165, 1.54) is 0 Å². The SMILES string of the molecule is Cc1nnsc1C(=O)NCC1(OCCO)CCCC1. The highest BCUT2D eigenvalue weighted by Crippen LogP contribution is 2.32. The first-order valence-electron chi connectivity index (χ1n) is 6.49. The van der Waals surface area contributed by atoms with E-state index >= 15 is 0 Å². The van der Waals surface area contributed by atoms with Gasteiger partial charge in [0.2, 0.25) is 0 Å². The summed E-state index contributed by atoms with van der Waals surface area (Å²) >= 11 is 1.10. The molecule has 0 saturated heterocycles. The first-order valence-corrected chi connectivity index (χ1v) is 7.26. The number of aromatic nitrogens is 2. The summed E-state index contributed by atoms with van der Waals surface area (Å²) in [5.41, 5.74) is 0.337. The minimum Gasteiger partial charge on any atom is -0.394 e. The van der Waals surface area contributed by atoms with Gasteiger partial charge in [-0.25, -0.2) is 0 Å². The third kappa shape index (κ3) is 3.49. The second-order valence-corrected chi connectivity index (χ2v) is 5.59. The molecule has 1 saturated carbocycles. The van der Waals surface area contributed by atoms with Gasteiger partial charge in [-0.05, 0) is 31.3 Å². The molecule has 106 valence electrons. The van der Waals surface area contributed by atoms with Crippen molar-refractivity contribution in [1.29, 1.82) is 0 Å². The predicted molar refractivity (Wildman–Crippen MR) is 71.2 cm³/mol. The van der Waals surface area contributed by atoms with Gasteiger partial charge in [0.1, 0.15) is 4.88 Å². The minimum atomic E-state index is -0.315. The number of amides is 1. The first kappa shape index (κ1) is 14.4. The van der Waals surface area contributed by atoms with E-state index in [1.807, 2.05) is 0 Å². The molecular formula is C12H19N3O3S. The molecule has 2 rings (SSSR count). The second-order valence-electron chi connectivity index (χ2n) is 4.83. The van der Waals surface area contributed by atoms with Gasteiger partial charge in [-0.3, -0.25) is 4.79 Å². The van der Waals surface area contributed by atoms with Gasteiger partial charge < -0.3 is 15.2 Å². The Morgan fingerprint density at radius 3 is 2.84 bits per heavy atom. The summed E-state index contributed by atoms with van der Waals surface area (Å²) < 4.78 is 9.50. The van der Waals surface area contributed by atoms with E-state index in [-0.39, 0.29) is 18.1 Å². The topological polar surface area (TPSA) is 84.3 Å². The average molecular weight is 285 g/mol. The van der Waals surface area contributed by atoms with Crippen molar-refractivity contribution < 1.29 is 14.6 Å². The highest BCUT2D eigenvalue weighted by molar-refractivity contribution is 7.07. The fraction of sp³-hybridized carbons (Fsp3) is 0.750. The van der Waals surface area contributed by atoms with Crippen LogP contribution in [0.2, 0.25) is 0 Å². The molecule has 1 aromatic heterocycles. The van der Waals surface area contributed by atoms with Gasteiger partial charge in [-0.15, -0.1) is 5.10 Å². The fourth-order valence-corrected chi connectivity index (χ4v) is 2.99. The first-order chi connectivity index (χ1) is 9.17. The van der Waals surface area contributed by atoms with Crippen molar-refractivity contribution in [2.45, 2.75) is 38.2 Å². The van der Waals surface area contributed by atoms with E-state index in [2.05, 4.69) is 14.9 Å². The number of aliphatic hydroxyl groups is 1. The Balaban J connectivity index is 1.92. The molecule has 0 bridgehead atoms. The monoisotopic (exact) mass is 285 g/mol. The van der Waals surface area contributed by atoms with Crippen molar-refractivity contribution in [2.75, 3.05) is 19.8 Å². The van der Waals surface area contributed by atoms with Gasteiger partial charge in [0.15, 0.2) is 0 Å². The molecule has 1 heterocycles. The van der Waals surface area contributed by atoms with Crippen molar-refractivity contribution in [2.24, 2.45) is 0 Å². The predicted octanol–water partition coefficient (Wildman–Crippen LogP) is 0.898. The normalized spacial score (nSPS) is 17.6. The molecule has 1 fully saturated rings. The Labute approximate surface area is 116 Å². The molecule has 0 atom stereocenters. The van der Waals surface area contributed by atoms with E-state index < -0.39 is 0 Å². The van der Waals surface area contributed by atoms with Crippen molar-refractivity contribution >= 4 is 17.4 Å². The number of hydrogen-bond donors (Lipinski definition) is 2. The Bertz CT molecular complexity index is 430. The zero-order valence-corrected chi connectivity index (χ0v) is 11.8. The van der Waals surface area contributed by atoms with Gasteiger partial charge in [0, 0.05) is 6.54 Å². The summed E-state index contributed by atoms with van der Waals surface area (Å²) in [4.78, 5) is 12.6. The molecule has 7 heteroatoms. The molecule has 1 aliphatic rings. The maximum atomic E-state index is 12.0. The maximum absolute atomic E-state index is 12.0. The molecule has 1 aromatic rings. The zero-order chi connectivity index (χ0) is 13.7. The molecular weight excluding hydrogens is 266 g/mol. The summed E-state index contributed by atoms with van der Waals surface area (Å²) in [6.45, 7) is 2.57. The van der Waals surface area contributed by atoms with E-state index in [0.717, 1.165) is 37.2 Å². The van der Waals surface area contributed by atoms with Crippen LogP contribution < -0.4 is 5.32 Å². The van der Waals surface area contributed by atoms with Crippen LogP contribution in [0.25, 0.3) is 0 Å². The van der Waals surface area contributed by atoms with Crippen LogP contribution in [0.4, 0.5) is 0 Å². The molecule has 1 amide bonds. The largest absolute Gasteiger partial charge is 0.394 e. The number of aliphatic hydroxyl groups excluding tert-OH is 1. The summed E-state index contributed by atoms with van der Waals surface area (Å²) in [7, 11) is 0. The Kier molecular flexibility index (Phi) is 4.84. The number of nitrogens with one attached hydrogen (secondary N) is 1. The number of nitrogens with zero attached hydrogens (tertiary/aromatic N) is 2. The summed E-state index contributed by atoms with van der Waals surface area (Å²) in [5, 5.41) is 15.6. The van der Waals surface area contributed by atoms with Gasteiger partial charge in [0.05, 0.1) is 24.5 Å². The highest BCUT2D eigenvalue weighted by atomic mass is 32.1. The van der Waals surface area contributed by atoms with Crippen LogP contribution in [-0.2, 0) is 4.74 Å². The van der Waals surface area contributed by atoms with Crippen LogP contribution >= 0.6 is 11.5 Å². The second kappa shape index (κ2) is 6.40. The van der Waals surface area contributed by atoms with Crippen LogP contribution in [0.15, 0.2) is 0 Å². The standard InChI is InChI=1S/C12H19N3O3S/c1-9-10(19-15-14-9)11(17)13-8-12(18-7-6-16)4-2-3-5-12/h16H,2-8H2,1H3,(H,13,17). The number of carbonyl (C=O) groups is 1. The molecule has 0 radical (unpaired) electrons. The zero-order valence-electron chi connectivity index (χ0n) is 11.0. The fourth-order valence-electron chi connectivity index (χ4n) is 2.41. The van der Waals surface area contributed by atoms with Gasteiger partial charge in [0.25, 0.3) is 5.91 Å². The smallest absolute Gasteiger partial charge is 0.265 e. The van der Waals surface area contributed by atoms with Crippen molar-refractivity contribution in [3.8, 4) is 0 Å². The van der Waals surface area contributed by atoms with Crippen LogP contribution in [0, 0.1) is 6.92 Å². The van der Waals surface area contributed by atoms with Crippen molar-refractivity contribution in [3.63, 3.8) is 0 Å². The lowest BCUT2D eigenvalue weighted by atomic mass is 10.0. The minimum absolute atomic E-state index is 0.00751. The van der Waals surface area contributed by atoms with Crippen LogP contribution in [0.3, 0.4) is 0 Å². The summed E-state index contributed by atoms with van der Waals surface area (Å²) in [6, 6.07) is 0. The van der Waals surface area contributed by atoms with Crippen molar-refractivity contribution in [3.05, 3.63) is 10.6 Å². The molecule has 6 nitrogen and oxygen atoms in total. The lowest BCUT2D eigenvalue weighted by Crippen LogP contribution is -2.43. The van der Waals surface area contributed by atoms with Crippen LogP contribution in [0.1, 0.15) is 41.0 Å². The van der Waals surface area contributed by atoms with Gasteiger partial charge in [-0.1, -0.05) is 17.3 Å². The van der Waals surface area contributed by atoms with E-state index in [0.29, 0.717) is 23.7 Å². The molecule has 0 spiro atoms. The third-order valence-corrected chi connectivity index (χ3v) is 4.27. The van der Waals surface area contributed by atoms with E-state index in [4.69, 9.17) is 9.84 Å². The third-order valence-electron chi connectivity index (χ3n) is 3.44. The van der Waals surface area contributed by atoms with Crippen LogP contribution in [0.5, 0.6) is 0 Å². The number of carbonyl (C=O) groups excluding carboxylic acids is 1. The molecule has 19 heavy (non-hydrogen) atoms. The quantitative estimate of drug-likeness (QED) is 0.811. The molecule has 0 aliphatic heterocycles. The molecule has 2 N–H and O–H groups in total. The molecule has 0 unspecified atom stereocenters. The maximum Gasteiger partial charge on any atom is 0.265 e.